The molecule has 0 radical (unpaired) electrons. The van der Waals surface area contributed by atoms with Gasteiger partial charge >= 0.3 is 0 Å². The molecule has 22 heavy (non-hydrogen) atoms. The number of aromatic nitrogens is 4. The Morgan fingerprint density at radius 2 is 2.00 bits per heavy atom. The second-order valence-corrected chi connectivity index (χ2v) is 6.62. The summed E-state index contributed by atoms with van der Waals surface area (Å²) in [7, 11) is 1.67. The predicted octanol–water partition coefficient (Wildman–Crippen LogP) is 3.51. The highest BCUT2D eigenvalue weighted by Gasteiger charge is 2.13. The molecule has 0 aliphatic carbocycles. The maximum absolute atomic E-state index is 5.18. The minimum Gasteiger partial charge on any atom is -0.497 e. The van der Waals surface area contributed by atoms with Crippen molar-refractivity contribution < 1.29 is 4.74 Å². The summed E-state index contributed by atoms with van der Waals surface area (Å²) in [6, 6.07) is 12.1. The van der Waals surface area contributed by atoms with Gasteiger partial charge in [-0.25, -0.2) is 0 Å². The van der Waals surface area contributed by atoms with Crippen molar-refractivity contribution in [2.24, 2.45) is 0 Å². The average Bonchev–Trinajstić information content (AvgIpc) is 3.25. The SMILES string of the molecule is COc1ccc(Cc2nnc3sc(-c4cccs4)nn23)cc1. The van der Waals surface area contributed by atoms with E-state index in [1.165, 1.54) is 0 Å². The molecule has 4 rings (SSSR count). The highest BCUT2D eigenvalue weighted by Crippen LogP contribution is 2.29. The number of methoxy groups -OCH3 is 1. The fourth-order valence-electron chi connectivity index (χ4n) is 2.19. The lowest BCUT2D eigenvalue weighted by atomic mass is 10.1. The molecule has 7 heteroatoms. The molecule has 0 spiro atoms. The van der Waals surface area contributed by atoms with E-state index in [9.17, 15) is 0 Å². The molecular weight excluding hydrogens is 316 g/mol. The van der Waals surface area contributed by atoms with Gasteiger partial charge in [-0.3, -0.25) is 0 Å². The van der Waals surface area contributed by atoms with Crippen molar-refractivity contribution in [1.82, 2.24) is 19.8 Å². The van der Waals surface area contributed by atoms with Crippen LogP contribution < -0.4 is 4.74 Å². The van der Waals surface area contributed by atoms with E-state index in [-0.39, 0.29) is 0 Å². The summed E-state index contributed by atoms with van der Waals surface area (Å²) >= 11 is 3.24. The third kappa shape index (κ3) is 2.38. The van der Waals surface area contributed by atoms with Crippen LogP contribution in [0.1, 0.15) is 11.4 Å². The first-order valence-electron chi connectivity index (χ1n) is 6.71. The number of fused-ring (bicyclic) bond motifs is 1. The monoisotopic (exact) mass is 328 g/mol. The van der Waals surface area contributed by atoms with Crippen LogP contribution in [0.4, 0.5) is 0 Å². The van der Waals surface area contributed by atoms with Gasteiger partial charge in [-0.15, -0.1) is 21.5 Å². The van der Waals surface area contributed by atoms with E-state index < -0.39 is 0 Å². The van der Waals surface area contributed by atoms with Crippen LogP contribution in [-0.4, -0.2) is 26.9 Å². The van der Waals surface area contributed by atoms with Gasteiger partial charge in [0.25, 0.3) is 0 Å². The zero-order valence-electron chi connectivity index (χ0n) is 11.8. The molecule has 0 saturated carbocycles. The van der Waals surface area contributed by atoms with Gasteiger partial charge in [-0.1, -0.05) is 29.5 Å². The van der Waals surface area contributed by atoms with Crippen LogP contribution in [0.3, 0.4) is 0 Å². The molecule has 0 saturated heterocycles. The van der Waals surface area contributed by atoms with E-state index in [0.29, 0.717) is 6.42 Å². The van der Waals surface area contributed by atoms with Gasteiger partial charge in [0, 0.05) is 6.42 Å². The Morgan fingerprint density at radius 1 is 1.14 bits per heavy atom. The Labute approximate surface area is 134 Å². The number of hydrogen-bond acceptors (Lipinski definition) is 6. The molecule has 0 unspecified atom stereocenters. The van der Waals surface area contributed by atoms with Crippen molar-refractivity contribution in [1.29, 1.82) is 0 Å². The molecule has 0 N–H and O–H groups in total. The zero-order valence-corrected chi connectivity index (χ0v) is 13.4. The summed E-state index contributed by atoms with van der Waals surface area (Å²) < 4.78 is 7.01. The normalized spacial score (nSPS) is 11.1. The van der Waals surface area contributed by atoms with E-state index >= 15 is 0 Å². The van der Waals surface area contributed by atoms with Gasteiger partial charge in [0.1, 0.15) is 5.75 Å². The first-order chi connectivity index (χ1) is 10.8. The molecule has 110 valence electrons. The van der Waals surface area contributed by atoms with Gasteiger partial charge in [-0.05, 0) is 29.1 Å². The Kier molecular flexibility index (Phi) is 3.36. The van der Waals surface area contributed by atoms with E-state index in [2.05, 4.69) is 26.7 Å². The first-order valence-corrected chi connectivity index (χ1v) is 8.41. The summed E-state index contributed by atoms with van der Waals surface area (Å²) in [4.78, 5) is 1.98. The third-order valence-corrected chi connectivity index (χ3v) is 5.25. The lowest BCUT2D eigenvalue weighted by Crippen LogP contribution is -1.97. The standard InChI is InChI=1S/C15H12N4OS2/c1-20-11-6-4-10(5-7-11)9-13-16-17-15-19(13)18-14(22-15)12-3-2-8-21-12/h2-8H,9H2,1H3. The highest BCUT2D eigenvalue weighted by molar-refractivity contribution is 7.23. The van der Waals surface area contributed by atoms with Crippen molar-refractivity contribution >= 4 is 27.6 Å². The third-order valence-electron chi connectivity index (χ3n) is 3.31. The summed E-state index contributed by atoms with van der Waals surface area (Å²) in [5.41, 5.74) is 1.15. The average molecular weight is 328 g/mol. The minimum atomic E-state index is 0.693. The topological polar surface area (TPSA) is 52.3 Å². The van der Waals surface area contributed by atoms with Gasteiger partial charge in [0.05, 0.1) is 12.0 Å². The molecule has 3 aromatic heterocycles. The Hall–Kier alpha value is -2.25. The molecule has 0 fully saturated rings. The van der Waals surface area contributed by atoms with Gasteiger partial charge in [0.2, 0.25) is 4.96 Å². The van der Waals surface area contributed by atoms with Crippen LogP contribution in [0, 0.1) is 0 Å². The van der Waals surface area contributed by atoms with Crippen molar-refractivity contribution in [2.45, 2.75) is 6.42 Å². The van der Waals surface area contributed by atoms with E-state index in [0.717, 1.165) is 32.0 Å². The second-order valence-electron chi connectivity index (χ2n) is 4.72. The number of nitrogens with zero attached hydrogens (tertiary/aromatic N) is 4. The summed E-state index contributed by atoms with van der Waals surface area (Å²) in [6.07, 6.45) is 0.693. The zero-order chi connectivity index (χ0) is 14.9. The Morgan fingerprint density at radius 3 is 2.73 bits per heavy atom. The quantitative estimate of drug-likeness (QED) is 0.575. The fourth-order valence-corrected chi connectivity index (χ4v) is 3.84. The summed E-state index contributed by atoms with van der Waals surface area (Å²) in [6.45, 7) is 0. The molecule has 0 aliphatic rings. The minimum absolute atomic E-state index is 0.693. The molecule has 3 heterocycles. The molecule has 0 atom stereocenters. The predicted molar refractivity (Wildman–Crippen MR) is 87.8 cm³/mol. The molecule has 5 nitrogen and oxygen atoms in total. The van der Waals surface area contributed by atoms with Crippen molar-refractivity contribution in [3.05, 3.63) is 53.2 Å². The molecule has 0 aliphatic heterocycles. The van der Waals surface area contributed by atoms with Crippen LogP contribution >= 0.6 is 22.7 Å². The van der Waals surface area contributed by atoms with E-state index in [4.69, 9.17) is 4.74 Å². The molecule has 0 bridgehead atoms. The number of hydrogen-bond donors (Lipinski definition) is 0. The molecule has 0 amide bonds. The van der Waals surface area contributed by atoms with Crippen molar-refractivity contribution in [3.63, 3.8) is 0 Å². The Balaban J connectivity index is 1.66. The number of ether oxygens (including phenoxy) is 1. The second kappa shape index (κ2) is 5.51. The summed E-state index contributed by atoms with van der Waals surface area (Å²) in [5, 5.41) is 16.2. The number of rotatable bonds is 4. The lowest BCUT2D eigenvalue weighted by Gasteiger charge is -2.01. The number of benzene rings is 1. The highest BCUT2D eigenvalue weighted by atomic mass is 32.1. The molecular formula is C15H12N4OS2. The maximum atomic E-state index is 5.18. The van der Waals surface area contributed by atoms with E-state index in [1.807, 2.05) is 34.8 Å². The Bertz CT molecular complexity index is 894. The first kappa shape index (κ1) is 13.4. The molecule has 4 aromatic rings. The van der Waals surface area contributed by atoms with Gasteiger partial charge < -0.3 is 4.74 Å². The smallest absolute Gasteiger partial charge is 0.235 e. The van der Waals surface area contributed by atoms with E-state index in [1.54, 1.807) is 29.8 Å². The van der Waals surface area contributed by atoms with Crippen molar-refractivity contribution in [2.75, 3.05) is 7.11 Å². The van der Waals surface area contributed by atoms with Crippen LogP contribution in [-0.2, 0) is 6.42 Å². The van der Waals surface area contributed by atoms with Gasteiger partial charge in [0.15, 0.2) is 10.8 Å². The van der Waals surface area contributed by atoms with Crippen LogP contribution in [0.5, 0.6) is 5.75 Å². The maximum Gasteiger partial charge on any atom is 0.235 e. The van der Waals surface area contributed by atoms with Crippen LogP contribution in [0.25, 0.3) is 14.8 Å². The van der Waals surface area contributed by atoms with Crippen LogP contribution in [0.2, 0.25) is 0 Å². The van der Waals surface area contributed by atoms with Crippen LogP contribution in [0.15, 0.2) is 41.8 Å². The fraction of sp³-hybridized carbons (Fsp3) is 0.133. The lowest BCUT2D eigenvalue weighted by molar-refractivity contribution is 0.414. The van der Waals surface area contributed by atoms with Crippen molar-refractivity contribution in [3.8, 4) is 15.6 Å². The summed E-state index contributed by atoms with van der Waals surface area (Å²) in [5.74, 6) is 1.70. The largest absolute Gasteiger partial charge is 0.497 e. The molecule has 1 aromatic carbocycles. The number of thiophene rings is 1. The van der Waals surface area contributed by atoms with Gasteiger partial charge in [-0.2, -0.15) is 9.61 Å².